The van der Waals surface area contributed by atoms with Crippen LogP contribution in [0.2, 0.25) is 0 Å². The van der Waals surface area contributed by atoms with Gasteiger partial charge in [-0.25, -0.2) is 4.98 Å². The minimum atomic E-state index is -0.0636. The highest BCUT2D eigenvalue weighted by Gasteiger charge is 2.26. The van der Waals surface area contributed by atoms with E-state index in [0.29, 0.717) is 31.9 Å². The molecule has 0 unspecified atom stereocenters. The van der Waals surface area contributed by atoms with Gasteiger partial charge in [-0.05, 0) is 30.5 Å². The monoisotopic (exact) mass is 315 g/mol. The normalized spacial score (nSPS) is 15.0. The number of nitrogens with zero attached hydrogens (tertiary/aromatic N) is 3. The Morgan fingerprint density at radius 2 is 1.73 bits per heavy atom. The number of amides is 2. The standard InChI is InChI=1S/C16H17N3O2S/c1-12-3-2-4-14(17-12)16(21)19-8-6-18(7-9-19)15(20)13-5-10-22-11-13/h2-5,10-11H,6-9H2,1H3. The van der Waals surface area contributed by atoms with Gasteiger partial charge < -0.3 is 9.80 Å². The molecule has 0 saturated carbocycles. The van der Waals surface area contributed by atoms with Crippen molar-refractivity contribution in [3.8, 4) is 0 Å². The van der Waals surface area contributed by atoms with Crippen LogP contribution in [-0.2, 0) is 0 Å². The maximum atomic E-state index is 12.4. The largest absolute Gasteiger partial charge is 0.335 e. The number of carbonyl (C=O) groups excluding carboxylic acids is 2. The number of aromatic nitrogens is 1. The van der Waals surface area contributed by atoms with Crippen molar-refractivity contribution < 1.29 is 9.59 Å². The quantitative estimate of drug-likeness (QED) is 0.852. The van der Waals surface area contributed by atoms with E-state index in [1.165, 1.54) is 11.3 Å². The lowest BCUT2D eigenvalue weighted by Gasteiger charge is -2.34. The van der Waals surface area contributed by atoms with Crippen LogP contribution < -0.4 is 0 Å². The van der Waals surface area contributed by atoms with E-state index in [1.54, 1.807) is 15.9 Å². The molecule has 1 aliphatic rings. The summed E-state index contributed by atoms with van der Waals surface area (Å²) in [6.45, 7) is 4.08. The van der Waals surface area contributed by atoms with E-state index in [4.69, 9.17) is 0 Å². The maximum Gasteiger partial charge on any atom is 0.272 e. The molecule has 3 heterocycles. The van der Waals surface area contributed by atoms with Crippen molar-refractivity contribution in [1.82, 2.24) is 14.8 Å². The fourth-order valence-electron chi connectivity index (χ4n) is 2.51. The second-order valence-corrected chi connectivity index (χ2v) is 6.04. The maximum absolute atomic E-state index is 12.4. The molecule has 1 aliphatic heterocycles. The highest BCUT2D eigenvalue weighted by atomic mass is 32.1. The first-order valence-corrected chi connectivity index (χ1v) is 8.14. The first-order valence-electron chi connectivity index (χ1n) is 7.19. The van der Waals surface area contributed by atoms with Crippen molar-refractivity contribution in [2.24, 2.45) is 0 Å². The van der Waals surface area contributed by atoms with Gasteiger partial charge in [-0.15, -0.1) is 0 Å². The molecule has 0 atom stereocenters. The summed E-state index contributed by atoms with van der Waals surface area (Å²) in [4.78, 5) is 32.5. The topological polar surface area (TPSA) is 53.5 Å². The molecule has 0 N–H and O–H groups in total. The van der Waals surface area contributed by atoms with Crippen LogP contribution in [0.1, 0.15) is 26.5 Å². The third-order valence-electron chi connectivity index (χ3n) is 3.73. The summed E-state index contributed by atoms with van der Waals surface area (Å²) in [6, 6.07) is 7.28. The Labute approximate surface area is 133 Å². The summed E-state index contributed by atoms with van der Waals surface area (Å²) in [5, 5.41) is 3.76. The van der Waals surface area contributed by atoms with Crippen LogP contribution in [0.25, 0.3) is 0 Å². The average molecular weight is 315 g/mol. The van der Waals surface area contributed by atoms with Crippen molar-refractivity contribution in [3.63, 3.8) is 0 Å². The Bertz CT molecular complexity index is 676. The molecule has 0 aromatic carbocycles. The zero-order valence-corrected chi connectivity index (χ0v) is 13.2. The van der Waals surface area contributed by atoms with Gasteiger partial charge in [-0.1, -0.05) is 6.07 Å². The molecule has 3 rings (SSSR count). The van der Waals surface area contributed by atoms with Crippen molar-refractivity contribution >= 4 is 23.2 Å². The molecule has 5 nitrogen and oxygen atoms in total. The zero-order valence-electron chi connectivity index (χ0n) is 12.4. The molecule has 0 bridgehead atoms. The molecule has 114 valence electrons. The van der Waals surface area contributed by atoms with E-state index < -0.39 is 0 Å². The van der Waals surface area contributed by atoms with Crippen LogP contribution in [0, 0.1) is 6.92 Å². The smallest absolute Gasteiger partial charge is 0.272 e. The Hall–Kier alpha value is -2.21. The Morgan fingerprint density at radius 3 is 2.32 bits per heavy atom. The number of rotatable bonds is 2. The van der Waals surface area contributed by atoms with Crippen LogP contribution >= 0.6 is 11.3 Å². The summed E-state index contributed by atoms with van der Waals surface area (Å²) >= 11 is 1.52. The number of aryl methyl sites for hydroxylation is 1. The van der Waals surface area contributed by atoms with Gasteiger partial charge >= 0.3 is 0 Å². The predicted molar refractivity (Wildman–Crippen MR) is 85.1 cm³/mol. The van der Waals surface area contributed by atoms with Gasteiger partial charge in [-0.3, -0.25) is 9.59 Å². The highest BCUT2D eigenvalue weighted by molar-refractivity contribution is 7.08. The number of carbonyl (C=O) groups is 2. The number of hydrogen-bond donors (Lipinski definition) is 0. The van der Waals surface area contributed by atoms with E-state index in [0.717, 1.165) is 11.3 Å². The number of piperazine rings is 1. The molecule has 1 saturated heterocycles. The molecule has 0 aliphatic carbocycles. The summed E-state index contributed by atoms with van der Waals surface area (Å²) < 4.78 is 0. The molecule has 2 aromatic rings. The van der Waals surface area contributed by atoms with E-state index in [2.05, 4.69) is 4.98 Å². The van der Waals surface area contributed by atoms with Crippen LogP contribution in [0.15, 0.2) is 35.0 Å². The first-order chi connectivity index (χ1) is 10.6. The second kappa shape index (κ2) is 6.27. The van der Waals surface area contributed by atoms with Crippen molar-refractivity contribution in [2.75, 3.05) is 26.2 Å². The molecule has 22 heavy (non-hydrogen) atoms. The summed E-state index contributed by atoms with van der Waals surface area (Å²) in [5.74, 6) is -0.0200. The predicted octanol–water partition coefficient (Wildman–Crippen LogP) is 2.05. The van der Waals surface area contributed by atoms with E-state index in [-0.39, 0.29) is 11.8 Å². The fraction of sp³-hybridized carbons (Fsp3) is 0.312. The number of thiophene rings is 1. The van der Waals surface area contributed by atoms with Crippen molar-refractivity contribution in [1.29, 1.82) is 0 Å². The highest BCUT2D eigenvalue weighted by Crippen LogP contribution is 2.13. The van der Waals surface area contributed by atoms with Crippen molar-refractivity contribution in [2.45, 2.75) is 6.92 Å². The SMILES string of the molecule is Cc1cccc(C(=O)N2CCN(C(=O)c3ccsc3)CC2)n1. The van der Waals surface area contributed by atoms with Crippen LogP contribution in [-0.4, -0.2) is 52.8 Å². The molecular weight excluding hydrogens is 298 g/mol. The van der Waals surface area contributed by atoms with Gasteiger partial charge in [0.15, 0.2) is 0 Å². The zero-order chi connectivity index (χ0) is 15.5. The molecular formula is C16H17N3O2S. The molecule has 6 heteroatoms. The third kappa shape index (κ3) is 3.01. The van der Waals surface area contributed by atoms with Gasteiger partial charge in [0.25, 0.3) is 11.8 Å². The minimum Gasteiger partial charge on any atom is -0.335 e. The van der Waals surface area contributed by atoms with Crippen LogP contribution in [0.3, 0.4) is 0 Å². The van der Waals surface area contributed by atoms with Crippen LogP contribution in [0.4, 0.5) is 0 Å². The molecule has 0 radical (unpaired) electrons. The molecule has 1 fully saturated rings. The van der Waals surface area contributed by atoms with Gasteiger partial charge in [-0.2, -0.15) is 11.3 Å². The first kappa shape index (κ1) is 14.7. The van der Waals surface area contributed by atoms with Gasteiger partial charge in [0.1, 0.15) is 5.69 Å². The second-order valence-electron chi connectivity index (χ2n) is 5.26. The molecule has 2 aromatic heterocycles. The molecule has 2 amide bonds. The lowest BCUT2D eigenvalue weighted by molar-refractivity contribution is 0.0532. The summed E-state index contributed by atoms with van der Waals surface area (Å²) in [5.41, 5.74) is 2.03. The lowest BCUT2D eigenvalue weighted by atomic mass is 10.2. The fourth-order valence-corrected chi connectivity index (χ4v) is 3.14. The Morgan fingerprint density at radius 1 is 1.05 bits per heavy atom. The summed E-state index contributed by atoms with van der Waals surface area (Å²) in [6.07, 6.45) is 0. The summed E-state index contributed by atoms with van der Waals surface area (Å²) in [7, 11) is 0. The number of hydrogen-bond acceptors (Lipinski definition) is 4. The lowest BCUT2D eigenvalue weighted by Crippen LogP contribution is -2.50. The molecule has 0 spiro atoms. The van der Waals surface area contributed by atoms with E-state index >= 15 is 0 Å². The average Bonchev–Trinajstić information content (AvgIpc) is 3.08. The number of pyridine rings is 1. The third-order valence-corrected chi connectivity index (χ3v) is 4.41. The minimum absolute atomic E-state index is 0.0435. The van der Waals surface area contributed by atoms with E-state index in [9.17, 15) is 9.59 Å². The van der Waals surface area contributed by atoms with Gasteiger partial charge in [0.2, 0.25) is 0 Å². The Kier molecular flexibility index (Phi) is 4.20. The van der Waals surface area contributed by atoms with E-state index in [1.807, 2.05) is 35.9 Å². The Balaban J connectivity index is 1.62. The van der Waals surface area contributed by atoms with Crippen molar-refractivity contribution in [3.05, 3.63) is 52.0 Å². The van der Waals surface area contributed by atoms with Gasteiger partial charge in [0, 0.05) is 37.3 Å². The van der Waals surface area contributed by atoms with Gasteiger partial charge in [0.05, 0.1) is 5.56 Å². The van der Waals surface area contributed by atoms with Crippen LogP contribution in [0.5, 0.6) is 0 Å².